The molecule has 18 heavy (non-hydrogen) atoms. The van der Waals surface area contributed by atoms with Crippen LogP contribution in [0.5, 0.6) is 0 Å². The molecule has 0 aliphatic carbocycles. The van der Waals surface area contributed by atoms with Crippen LogP contribution in [0.25, 0.3) is 5.69 Å². The van der Waals surface area contributed by atoms with E-state index in [9.17, 15) is 0 Å². The van der Waals surface area contributed by atoms with Crippen LogP contribution in [0.15, 0.2) is 34.9 Å². The molecule has 0 saturated carbocycles. The average molecular weight is 309 g/mol. The maximum absolute atomic E-state index is 4.15. The van der Waals surface area contributed by atoms with E-state index in [1.54, 1.807) is 4.68 Å². The van der Waals surface area contributed by atoms with Gasteiger partial charge in [0.15, 0.2) is 0 Å². The lowest BCUT2D eigenvalue weighted by Crippen LogP contribution is -2.19. The van der Waals surface area contributed by atoms with E-state index in [1.807, 2.05) is 30.5 Å². The van der Waals surface area contributed by atoms with Crippen LogP contribution in [-0.2, 0) is 6.54 Å². The molecule has 0 amide bonds. The van der Waals surface area contributed by atoms with E-state index >= 15 is 0 Å². The van der Waals surface area contributed by atoms with Crippen molar-refractivity contribution in [3.63, 3.8) is 0 Å². The molecule has 0 aliphatic rings. The summed E-state index contributed by atoms with van der Waals surface area (Å²) in [6, 6.07) is 7.99. The third kappa shape index (κ3) is 3.65. The standard InChI is InChI=1S/C13H17BrN4/c1-10(2)7-15-8-12-9-18(17-16-12)13-5-3-4-11(14)6-13/h3-6,9-10,15H,7-8H2,1-2H3. The number of hydrogen-bond acceptors (Lipinski definition) is 3. The lowest BCUT2D eigenvalue weighted by molar-refractivity contribution is 0.548. The molecule has 0 radical (unpaired) electrons. The van der Waals surface area contributed by atoms with E-state index < -0.39 is 0 Å². The summed E-state index contributed by atoms with van der Waals surface area (Å²) >= 11 is 3.45. The molecule has 0 fully saturated rings. The van der Waals surface area contributed by atoms with Crippen LogP contribution in [0.4, 0.5) is 0 Å². The van der Waals surface area contributed by atoms with Gasteiger partial charge in [0.05, 0.1) is 17.6 Å². The largest absolute Gasteiger partial charge is 0.311 e. The predicted molar refractivity (Wildman–Crippen MR) is 75.6 cm³/mol. The minimum absolute atomic E-state index is 0.644. The SMILES string of the molecule is CC(C)CNCc1cn(-c2cccc(Br)c2)nn1. The molecule has 1 aromatic carbocycles. The highest BCUT2D eigenvalue weighted by molar-refractivity contribution is 9.10. The van der Waals surface area contributed by atoms with Gasteiger partial charge in [0.1, 0.15) is 0 Å². The van der Waals surface area contributed by atoms with Gasteiger partial charge in [-0.25, -0.2) is 4.68 Å². The van der Waals surface area contributed by atoms with Gasteiger partial charge >= 0.3 is 0 Å². The van der Waals surface area contributed by atoms with Gasteiger partial charge in [-0.3, -0.25) is 0 Å². The van der Waals surface area contributed by atoms with Crippen molar-refractivity contribution < 1.29 is 0 Å². The second-order valence-corrected chi connectivity index (χ2v) is 5.57. The van der Waals surface area contributed by atoms with Crippen LogP contribution >= 0.6 is 15.9 Å². The van der Waals surface area contributed by atoms with E-state index in [2.05, 4.69) is 45.4 Å². The molecule has 4 nitrogen and oxygen atoms in total. The number of halogens is 1. The van der Waals surface area contributed by atoms with Gasteiger partial charge in [-0.2, -0.15) is 0 Å². The second-order valence-electron chi connectivity index (χ2n) is 4.66. The first-order valence-corrected chi connectivity index (χ1v) is 6.82. The zero-order chi connectivity index (χ0) is 13.0. The molecule has 0 bridgehead atoms. The number of benzene rings is 1. The number of hydrogen-bond donors (Lipinski definition) is 1. The van der Waals surface area contributed by atoms with Crippen molar-refractivity contribution in [2.45, 2.75) is 20.4 Å². The van der Waals surface area contributed by atoms with Crippen LogP contribution < -0.4 is 5.32 Å². The van der Waals surface area contributed by atoms with E-state index in [0.717, 1.165) is 28.9 Å². The van der Waals surface area contributed by atoms with Gasteiger partial charge in [0.2, 0.25) is 0 Å². The first-order valence-electron chi connectivity index (χ1n) is 6.03. The summed E-state index contributed by atoms with van der Waals surface area (Å²) < 4.78 is 2.83. The molecule has 1 heterocycles. The molecule has 96 valence electrons. The first-order chi connectivity index (χ1) is 8.65. The fourth-order valence-corrected chi connectivity index (χ4v) is 2.00. The summed E-state index contributed by atoms with van der Waals surface area (Å²) in [7, 11) is 0. The third-order valence-corrected chi connectivity index (χ3v) is 2.97. The van der Waals surface area contributed by atoms with E-state index in [4.69, 9.17) is 0 Å². The molecule has 0 atom stereocenters. The Balaban J connectivity index is 2.02. The monoisotopic (exact) mass is 308 g/mol. The van der Waals surface area contributed by atoms with Crippen LogP contribution in [0.3, 0.4) is 0 Å². The zero-order valence-corrected chi connectivity index (χ0v) is 12.2. The molecule has 0 aliphatic heterocycles. The summed E-state index contributed by atoms with van der Waals surface area (Å²) in [6.45, 7) is 6.12. The number of aromatic nitrogens is 3. The summed E-state index contributed by atoms with van der Waals surface area (Å²) in [6.07, 6.45) is 1.95. The Hall–Kier alpha value is -1.20. The molecule has 5 heteroatoms. The minimum Gasteiger partial charge on any atom is -0.311 e. The Morgan fingerprint density at radius 1 is 1.39 bits per heavy atom. The summed E-state index contributed by atoms with van der Waals surface area (Å²) in [5.41, 5.74) is 1.96. The third-order valence-electron chi connectivity index (χ3n) is 2.47. The van der Waals surface area contributed by atoms with Gasteiger partial charge in [0.25, 0.3) is 0 Å². The quantitative estimate of drug-likeness (QED) is 0.923. The van der Waals surface area contributed by atoms with Gasteiger partial charge in [0, 0.05) is 11.0 Å². The fraction of sp³-hybridized carbons (Fsp3) is 0.385. The minimum atomic E-state index is 0.644. The van der Waals surface area contributed by atoms with Crippen LogP contribution in [-0.4, -0.2) is 21.5 Å². The molecular weight excluding hydrogens is 292 g/mol. The van der Waals surface area contributed by atoms with Crippen molar-refractivity contribution in [2.75, 3.05) is 6.54 Å². The van der Waals surface area contributed by atoms with Gasteiger partial charge in [-0.05, 0) is 30.7 Å². The molecule has 0 spiro atoms. The van der Waals surface area contributed by atoms with Crippen molar-refractivity contribution in [1.82, 2.24) is 20.3 Å². The Morgan fingerprint density at radius 2 is 2.22 bits per heavy atom. The predicted octanol–water partition coefficient (Wildman–Crippen LogP) is 2.78. The van der Waals surface area contributed by atoms with Gasteiger partial charge in [-0.1, -0.05) is 41.1 Å². The van der Waals surface area contributed by atoms with Gasteiger partial charge < -0.3 is 5.32 Å². The lowest BCUT2D eigenvalue weighted by Gasteiger charge is -2.04. The number of nitrogens with one attached hydrogen (secondary N) is 1. The van der Waals surface area contributed by atoms with E-state index in [-0.39, 0.29) is 0 Å². The molecule has 2 aromatic rings. The maximum Gasteiger partial charge on any atom is 0.0969 e. The summed E-state index contributed by atoms with van der Waals surface area (Å²) in [5.74, 6) is 0.644. The second kappa shape index (κ2) is 6.11. The van der Waals surface area contributed by atoms with Crippen molar-refractivity contribution in [1.29, 1.82) is 0 Å². The molecule has 0 unspecified atom stereocenters. The van der Waals surface area contributed by atoms with Crippen molar-refractivity contribution >= 4 is 15.9 Å². The highest BCUT2D eigenvalue weighted by Crippen LogP contribution is 2.14. The molecule has 1 aromatic heterocycles. The molecule has 0 saturated heterocycles. The lowest BCUT2D eigenvalue weighted by atomic mass is 10.2. The van der Waals surface area contributed by atoms with Crippen LogP contribution in [0.2, 0.25) is 0 Å². The summed E-state index contributed by atoms with van der Waals surface area (Å²) in [5, 5.41) is 11.6. The molecular formula is C13H17BrN4. The van der Waals surface area contributed by atoms with Crippen molar-refractivity contribution in [3.05, 3.63) is 40.6 Å². The average Bonchev–Trinajstić information content (AvgIpc) is 2.77. The first kappa shape index (κ1) is 13.2. The summed E-state index contributed by atoms with van der Waals surface area (Å²) in [4.78, 5) is 0. The fourth-order valence-electron chi connectivity index (χ4n) is 1.61. The Morgan fingerprint density at radius 3 is 2.94 bits per heavy atom. The number of rotatable bonds is 5. The molecule has 2 rings (SSSR count). The topological polar surface area (TPSA) is 42.7 Å². The highest BCUT2D eigenvalue weighted by atomic mass is 79.9. The Labute approximate surface area is 116 Å². The maximum atomic E-state index is 4.15. The van der Waals surface area contributed by atoms with Crippen molar-refractivity contribution in [2.24, 2.45) is 5.92 Å². The van der Waals surface area contributed by atoms with Crippen LogP contribution in [0.1, 0.15) is 19.5 Å². The smallest absolute Gasteiger partial charge is 0.0969 e. The Bertz CT molecular complexity index is 507. The van der Waals surface area contributed by atoms with E-state index in [0.29, 0.717) is 5.92 Å². The van der Waals surface area contributed by atoms with Crippen LogP contribution in [0, 0.1) is 5.92 Å². The van der Waals surface area contributed by atoms with E-state index in [1.165, 1.54) is 0 Å². The zero-order valence-electron chi connectivity index (χ0n) is 10.6. The highest BCUT2D eigenvalue weighted by Gasteiger charge is 2.03. The molecule has 1 N–H and O–H groups in total. The van der Waals surface area contributed by atoms with Crippen molar-refractivity contribution in [3.8, 4) is 5.69 Å². The Kier molecular flexibility index (Phi) is 4.49. The number of nitrogens with zero attached hydrogens (tertiary/aromatic N) is 3. The normalized spacial score (nSPS) is 11.1. The van der Waals surface area contributed by atoms with Gasteiger partial charge in [-0.15, -0.1) is 5.10 Å².